The highest BCUT2D eigenvalue weighted by Gasteiger charge is 2.16. The summed E-state index contributed by atoms with van der Waals surface area (Å²) >= 11 is 4.90. The van der Waals surface area contributed by atoms with Crippen molar-refractivity contribution >= 4 is 28.7 Å². The Morgan fingerprint density at radius 2 is 1.75 bits per heavy atom. The average Bonchev–Trinajstić information content (AvgIpc) is 2.92. The molecule has 3 aromatic rings. The second-order valence-electron chi connectivity index (χ2n) is 5.22. The molecule has 2 aromatic carbocycles. The van der Waals surface area contributed by atoms with Gasteiger partial charge < -0.3 is 5.73 Å². The van der Waals surface area contributed by atoms with E-state index in [1.165, 1.54) is 0 Å². The SMILES string of the molecule is Cc1ccc(N=Nc2c(-c3ccccc3)[nH]n(C(N)=S)c2=O)cc1. The summed E-state index contributed by atoms with van der Waals surface area (Å²) in [4.78, 5) is 12.5. The predicted octanol–water partition coefficient (Wildman–Crippen LogP) is 3.66. The van der Waals surface area contributed by atoms with Crippen molar-refractivity contribution < 1.29 is 0 Å². The molecule has 3 rings (SSSR count). The van der Waals surface area contributed by atoms with Crippen molar-refractivity contribution in [2.45, 2.75) is 6.92 Å². The van der Waals surface area contributed by atoms with Crippen molar-refractivity contribution in [2.24, 2.45) is 16.0 Å². The van der Waals surface area contributed by atoms with Gasteiger partial charge >= 0.3 is 5.56 Å². The monoisotopic (exact) mass is 337 g/mol. The van der Waals surface area contributed by atoms with Gasteiger partial charge in [-0.25, -0.2) is 0 Å². The molecule has 0 bridgehead atoms. The van der Waals surface area contributed by atoms with E-state index in [0.29, 0.717) is 11.4 Å². The number of aromatic nitrogens is 2. The number of thiocarbonyl (C=S) groups is 1. The molecule has 0 amide bonds. The van der Waals surface area contributed by atoms with Crippen molar-refractivity contribution in [1.82, 2.24) is 9.78 Å². The Kier molecular flexibility index (Phi) is 4.35. The molecule has 0 fully saturated rings. The maximum Gasteiger partial charge on any atom is 0.301 e. The van der Waals surface area contributed by atoms with Crippen LogP contribution in [-0.4, -0.2) is 14.9 Å². The Labute approximate surface area is 143 Å². The van der Waals surface area contributed by atoms with Crippen molar-refractivity contribution in [2.75, 3.05) is 0 Å². The van der Waals surface area contributed by atoms with E-state index in [1.54, 1.807) is 0 Å². The predicted molar refractivity (Wildman–Crippen MR) is 98.0 cm³/mol. The van der Waals surface area contributed by atoms with Gasteiger partial charge in [-0.3, -0.25) is 9.89 Å². The maximum absolute atomic E-state index is 12.5. The van der Waals surface area contributed by atoms with Crippen LogP contribution in [0, 0.1) is 6.92 Å². The molecule has 0 unspecified atom stereocenters. The van der Waals surface area contributed by atoms with E-state index < -0.39 is 5.56 Å². The number of hydrogen-bond donors (Lipinski definition) is 2. The van der Waals surface area contributed by atoms with Crippen molar-refractivity contribution in [3.05, 3.63) is 70.5 Å². The fourth-order valence-corrected chi connectivity index (χ4v) is 2.33. The van der Waals surface area contributed by atoms with Gasteiger partial charge in [0.05, 0.1) is 11.4 Å². The number of aryl methyl sites for hydroxylation is 1. The molecule has 0 aliphatic heterocycles. The van der Waals surface area contributed by atoms with E-state index in [-0.39, 0.29) is 10.8 Å². The number of rotatable bonds is 3. The molecule has 3 N–H and O–H groups in total. The van der Waals surface area contributed by atoms with Crippen LogP contribution in [0.1, 0.15) is 5.56 Å². The molecule has 1 aromatic heterocycles. The largest absolute Gasteiger partial charge is 0.374 e. The van der Waals surface area contributed by atoms with Crippen LogP contribution < -0.4 is 11.3 Å². The molecule has 0 aliphatic rings. The third-order valence-corrected chi connectivity index (χ3v) is 3.63. The Bertz CT molecular complexity index is 955. The maximum atomic E-state index is 12.5. The quantitative estimate of drug-likeness (QED) is 0.564. The first-order valence-electron chi connectivity index (χ1n) is 7.25. The van der Waals surface area contributed by atoms with E-state index in [1.807, 2.05) is 61.5 Å². The molecule has 6 nitrogen and oxygen atoms in total. The molecule has 24 heavy (non-hydrogen) atoms. The number of nitrogens with one attached hydrogen (secondary N) is 1. The Balaban J connectivity index is 2.10. The summed E-state index contributed by atoms with van der Waals surface area (Å²) in [5.41, 5.74) is 8.41. The van der Waals surface area contributed by atoms with Crippen LogP contribution in [0.3, 0.4) is 0 Å². The standard InChI is InChI=1S/C17H15N5OS/c1-11-7-9-13(10-8-11)19-20-15-14(12-5-3-2-4-6-12)21-22(16(15)23)17(18)24/h2-10,21H,1H3,(H2,18,24). The summed E-state index contributed by atoms with van der Waals surface area (Å²) in [6.45, 7) is 1.99. The molecule has 120 valence electrons. The Hall–Kier alpha value is -3.06. The van der Waals surface area contributed by atoms with Crippen LogP contribution in [0.5, 0.6) is 0 Å². The van der Waals surface area contributed by atoms with Gasteiger partial charge in [-0.15, -0.1) is 5.11 Å². The molecule has 1 heterocycles. The Morgan fingerprint density at radius 1 is 1.08 bits per heavy atom. The van der Waals surface area contributed by atoms with Gasteiger partial charge in [-0.05, 0) is 31.3 Å². The van der Waals surface area contributed by atoms with Crippen LogP contribution in [0.2, 0.25) is 0 Å². The lowest BCUT2D eigenvalue weighted by Crippen LogP contribution is -2.29. The fourth-order valence-electron chi connectivity index (χ4n) is 2.20. The third kappa shape index (κ3) is 3.16. The van der Waals surface area contributed by atoms with Crippen LogP contribution in [0.25, 0.3) is 11.3 Å². The lowest BCUT2D eigenvalue weighted by atomic mass is 10.1. The highest BCUT2D eigenvalue weighted by atomic mass is 32.1. The first kappa shape index (κ1) is 15.8. The van der Waals surface area contributed by atoms with Crippen molar-refractivity contribution in [3.63, 3.8) is 0 Å². The summed E-state index contributed by atoms with van der Waals surface area (Å²) < 4.78 is 1.08. The molecule has 0 radical (unpaired) electrons. The molecule has 7 heteroatoms. The number of H-pyrrole nitrogens is 1. The van der Waals surface area contributed by atoms with E-state index in [9.17, 15) is 4.79 Å². The van der Waals surface area contributed by atoms with Gasteiger partial charge in [0.15, 0.2) is 10.8 Å². The first-order chi connectivity index (χ1) is 11.6. The molecule has 0 atom stereocenters. The molecular formula is C17H15N5OS. The summed E-state index contributed by atoms with van der Waals surface area (Å²) in [5, 5.41) is 11.1. The second kappa shape index (κ2) is 6.59. The topological polar surface area (TPSA) is 88.5 Å². The molecule has 0 aliphatic carbocycles. The van der Waals surface area contributed by atoms with E-state index >= 15 is 0 Å². The van der Waals surface area contributed by atoms with Gasteiger partial charge in [-0.2, -0.15) is 9.80 Å². The average molecular weight is 337 g/mol. The molecule has 0 saturated heterocycles. The van der Waals surface area contributed by atoms with E-state index in [0.717, 1.165) is 15.8 Å². The van der Waals surface area contributed by atoms with Crippen LogP contribution in [0.4, 0.5) is 11.4 Å². The van der Waals surface area contributed by atoms with Gasteiger partial charge in [-0.1, -0.05) is 48.0 Å². The van der Waals surface area contributed by atoms with Gasteiger partial charge in [0.25, 0.3) is 0 Å². The van der Waals surface area contributed by atoms with Gasteiger partial charge in [0.2, 0.25) is 0 Å². The lowest BCUT2D eigenvalue weighted by Gasteiger charge is -1.99. The summed E-state index contributed by atoms with van der Waals surface area (Å²) in [6, 6.07) is 16.9. The van der Waals surface area contributed by atoms with E-state index in [2.05, 4.69) is 15.3 Å². The van der Waals surface area contributed by atoms with E-state index in [4.69, 9.17) is 18.0 Å². The molecular weight excluding hydrogens is 322 g/mol. The number of nitrogens with zero attached hydrogens (tertiary/aromatic N) is 3. The molecule has 0 saturated carbocycles. The van der Waals surface area contributed by atoms with Gasteiger partial charge in [0, 0.05) is 5.56 Å². The zero-order valence-electron chi connectivity index (χ0n) is 12.9. The minimum Gasteiger partial charge on any atom is -0.374 e. The zero-order chi connectivity index (χ0) is 17.1. The van der Waals surface area contributed by atoms with Crippen LogP contribution in [0.15, 0.2) is 69.6 Å². The van der Waals surface area contributed by atoms with Crippen molar-refractivity contribution in [3.8, 4) is 11.3 Å². The zero-order valence-corrected chi connectivity index (χ0v) is 13.7. The minimum atomic E-state index is -0.433. The normalized spacial score (nSPS) is 11.0. The highest BCUT2D eigenvalue weighted by Crippen LogP contribution is 2.27. The van der Waals surface area contributed by atoms with Crippen LogP contribution in [-0.2, 0) is 0 Å². The second-order valence-corrected chi connectivity index (χ2v) is 5.63. The number of azo groups is 1. The Morgan fingerprint density at radius 3 is 2.38 bits per heavy atom. The number of aromatic amines is 1. The number of hydrogen-bond acceptors (Lipinski definition) is 4. The number of benzene rings is 2. The fraction of sp³-hybridized carbons (Fsp3) is 0.0588. The minimum absolute atomic E-state index is 0.0750. The lowest BCUT2D eigenvalue weighted by molar-refractivity contribution is 0.910. The highest BCUT2D eigenvalue weighted by molar-refractivity contribution is 7.80. The first-order valence-corrected chi connectivity index (χ1v) is 7.66. The summed E-state index contributed by atoms with van der Waals surface area (Å²) in [6.07, 6.45) is 0. The van der Waals surface area contributed by atoms with Crippen LogP contribution >= 0.6 is 12.2 Å². The number of nitrogens with two attached hydrogens (primary N) is 1. The molecule has 0 spiro atoms. The summed E-state index contributed by atoms with van der Waals surface area (Å²) in [5.74, 6) is 0. The smallest absolute Gasteiger partial charge is 0.301 e. The summed E-state index contributed by atoms with van der Waals surface area (Å²) in [7, 11) is 0. The van der Waals surface area contributed by atoms with Gasteiger partial charge in [0.1, 0.15) is 0 Å². The van der Waals surface area contributed by atoms with Crippen molar-refractivity contribution in [1.29, 1.82) is 0 Å². The third-order valence-electron chi connectivity index (χ3n) is 3.45.